The lowest BCUT2D eigenvalue weighted by atomic mass is 9.82. The highest BCUT2D eigenvalue weighted by molar-refractivity contribution is 5.88. The summed E-state index contributed by atoms with van der Waals surface area (Å²) in [5, 5.41) is 11.2. The Kier molecular flexibility index (Phi) is 3.61. The van der Waals surface area contributed by atoms with Crippen molar-refractivity contribution in [1.29, 1.82) is 0 Å². The fraction of sp³-hybridized carbons (Fsp3) is 0.318. The SMILES string of the molecule is O=C(O)[C@@H]1CCCN2CCc3c(n(-c4ccccc4)c4ccccc34)C12. The monoisotopic (exact) mass is 346 g/mol. The van der Waals surface area contributed by atoms with E-state index < -0.39 is 5.97 Å². The zero-order valence-electron chi connectivity index (χ0n) is 14.6. The molecule has 2 aliphatic rings. The molecule has 0 aliphatic carbocycles. The predicted molar refractivity (Wildman–Crippen MR) is 102 cm³/mol. The Morgan fingerprint density at radius 3 is 2.58 bits per heavy atom. The van der Waals surface area contributed by atoms with Gasteiger partial charge in [-0.15, -0.1) is 0 Å². The van der Waals surface area contributed by atoms with Crippen molar-refractivity contribution < 1.29 is 9.90 Å². The molecular formula is C22H22N2O2. The fourth-order valence-corrected chi connectivity index (χ4v) is 4.95. The van der Waals surface area contributed by atoms with Crippen LogP contribution in [0.3, 0.4) is 0 Å². The molecule has 2 aliphatic heterocycles. The van der Waals surface area contributed by atoms with Crippen LogP contribution in [0.15, 0.2) is 54.6 Å². The number of hydrogen-bond donors (Lipinski definition) is 1. The van der Waals surface area contributed by atoms with Gasteiger partial charge in [-0.25, -0.2) is 0 Å². The van der Waals surface area contributed by atoms with E-state index in [1.165, 1.54) is 22.2 Å². The minimum Gasteiger partial charge on any atom is -0.481 e. The topological polar surface area (TPSA) is 45.5 Å². The average Bonchev–Trinajstić information content (AvgIpc) is 3.03. The summed E-state index contributed by atoms with van der Waals surface area (Å²) in [6, 6.07) is 18.8. The molecule has 0 bridgehead atoms. The highest BCUT2D eigenvalue weighted by Gasteiger charge is 2.43. The molecule has 0 radical (unpaired) electrons. The third kappa shape index (κ3) is 2.22. The van der Waals surface area contributed by atoms with E-state index in [0.717, 1.165) is 38.0 Å². The zero-order chi connectivity index (χ0) is 17.7. The van der Waals surface area contributed by atoms with Crippen LogP contribution in [0.2, 0.25) is 0 Å². The van der Waals surface area contributed by atoms with E-state index in [1.807, 2.05) is 18.2 Å². The Bertz CT molecular complexity index is 976. The van der Waals surface area contributed by atoms with Gasteiger partial charge in [-0.2, -0.15) is 0 Å². The predicted octanol–water partition coefficient (Wildman–Crippen LogP) is 4.02. The van der Waals surface area contributed by atoms with E-state index in [1.54, 1.807) is 0 Å². The number of fused-ring (bicyclic) bond motifs is 5. The van der Waals surface area contributed by atoms with E-state index in [4.69, 9.17) is 0 Å². The van der Waals surface area contributed by atoms with Crippen molar-refractivity contribution in [2.24, 2.45) is 5.92 Å². The number of carboxylic acid groups (broad SMARTS) is 1. The van der Waals surface area contributed by atoms with Crippen molar-refractivity contribution in [2.45, 2.75) is 25.3 Å². The van der Waals surface area contributed by atoms with Gasteiger partial charge in [-0.1, -0.05) is 36.4 Å². The summed E-state index contributed by atoms with van der Waals surface area (Å²) in [7, 11) is 0. The molecule has 4 heteroatoms. The molecule has 3 heterocycles. The van der Waals surface area contributed by atoms with Crippen molar-refractivity contribution in [3.63, 3.8) is 0 Å². The van der Waals surface area contributed by atoms with Crippen molar-refractivity contribution in [1.82, 2.24) is 9.47 Å². The second kappa shape index (κ2) is 5.99. The maximum absolute atomic E-state index is 12.0. The summed E-state index contributed by atoms with van der Waals surface area (Å²) >= 11 is 0. The van der Waals surface area contributed by atoms with E-state index >= 15 is 0 Å². The summed E-state index contributed by atoms with van der Waals surface area (Å²) in [5.41, 5.74) is 4.82. The summed E-state index contributed by atoms with van der Waals surface area (Å²) < 4.78 is 2.31. The Hall–Kier alpha value is -2.59. The van der Waals surface area contributed by atoms with Gasteiger partial charge in [0.15, 0.2) is 0 Å². The highest BCUT2D eigenvalue weighted by atomic mass is 16.4. The summed E-state index contributed by atoms with van der Waals surface area (Å²) in [6.07, 6.45) is 2.71. The molecule has 1 aromatic heterocycles. The molecule has 1 N–H and O–H groups in total. The molecule has 1 fully saturated rings. The third-order valence-corrected chi connectivity index (χ3v) is 6.02. The first kappa shape index (κ1) is 15.6. The quantitative estimate of drug-likeness (QED) is 0.762. The second-order valence-electron chi connectivity index (χ2n) is 7.37. The van der Waals surface area contributed by atoms with E-state index in [9.17, 15) is 9.90 Å². The van der Waals surface area contributed by atoms with E-state index in [0.29, 0.717) is 0 Å². The fourth-order valence-electron chi connectivity index (χ4n) is 4.95. The van der Waals surface area contributed by atoms with Gasteiger partial charge in [0.2, 0.25) is 0 Å². The summed E-state index contributed by atoms with van der Waals surface area (Å²) in [6.45, 7) is 1.94. The van der Waals surface area contributed by atoms with Crippen LogP contribution in [0, 0.1) is 5.92 Å². The number of carboxylic acids is 1. The number of aromatic nitrogens is 1. The zero-order valence-corrected chi connectivity index (χ0v) is 14.6. The lowest BCUT2D eigenvalue weighted by Crippen LogP contribution is -2.46. The normalized spacial score (nSPS) is 22.8. The molecule has 1 saturated heterocycles. The number of para-hydroxylation sites is 2. The van der Waals surface area contributed by atoms with Crippen molar-refractivity contribution in [3.05, 3.63) is 65.9 Å². The number of benzene rings is 2. The molecule has 4 nitrogen and oxygen atoms in total. The number of rotatable bonds is 2. The largest absolute Gasteiger partial charge is 0.481 e. The van der Waals surface area contributed by atoms with E-state index in [-0.39, 0.29) is 12.0 Å². The summed E-state index contributed by atoms with van der Waals surface area (Å²) in [4.78, 5) is 14.4. The van der Waals surface area contributed by atoms with Crippen molar-refractivity contribution >= 4 is 16.9 Å². The van der Waals surface area contributed by atoms with Crippen LogP contribution in [-0.4, -0.2) is 33.6 Å². The van der Waals surface area contributed by atoms with Gasteiger partial charge >= 0.3 is 5.97 Å². The molecule has 1 unspecified atom stereocenters. The maximum atomic E-state index is 12.0. The average molecular weight is 346 g/mol. The standard InChI is InChI=1S/C22H22N2O2/c25-22(26)18-10-6-13-23-14-12-17-16-9-4-5-11-19(16)24(21(17)20(18)23)15-7-2-1-3-8-15/h1-5,7-9,11,18,20H,6,10,12-14H2,(H,25,26)/t18-,20?/m1/s1. The van der Waals surface area contributed by atoms with Gasteiger partial charge in [0.05, 0.1) is 17.5 Å². The number of hydrogen-bond acceptors (Lipinski definition) is 2. The van der Waals surface area contributed by atoms with Crippen LogP contribution < -0.4 is 0 Å². The lowest BCUT2D eigenvalue weighted by molar-refractivity contribution is -0.146. The number of carbonyl (C=O) groups is 1. The van der Waals surface area contributed by atoms with Gasteiger partial charge in [-0.3, -0.25) is 9.69 Å². The van der Waals surface area contributed by atoms with Crippen molar-refractivity contribution in [3.8, 4) is 5.69 Å². The number of nitrogens with zero attached hydrogens (tertiary/aromatic N) is 2. The highest BCUT2D eigenvalue weighted by Crippen LogP contribution is 2.45. The van der Waals surface area contributed by atoms with Crippen molar-refractivity contribution in [2.75, 3.05) is 13.1 Å². The minimum atomic E-state index is -0.669. The second-order valence-corrected chi connectivity index (χ2v) is 7.37. The first-order chi connectivity index (χ1) is 12.8. The van der Waals surface area contributed by atoms with Crippen LogP contribution in [0.25, 0.3) is 16.6 Å². The Morgan fingerprint density at radius 1 is 1.00 bits per heavy atom. The maximum Gasteiger partial charge on any atom is 0.308 e. The Labute approximate surface area is 152 Å². The minimum absolute atomic E-state index is 0.0439. The van der Waals surface area contributed by atoms with Gasteiger partial charge in [0.1, 0.15) is 0 Å². The van der Waals surface area contributed by atoms with Gasteiger partial charge in [0, 0.05) is 23.3 Å². The molecule has 0 spiro atoms. The molecule has 0 amide bonds. The van der Waals surface area contributed by atoms with Gasteiger partial charge in [0.25, 0.3) is 0 Å². The first-order valence-electron chi connectivity index (χ1n) is 9.40. The number of piperidine rings is 1. The molecule has 26 heavy (non-hydrogen) atoms. The van der Waals surface area contributed by atoms with Gasteiger partial charge < -0.3 is 9.67 Å². The Morgan fingerprint density at radius 2 is 1.77 bits per heavy atom. The summed E-state index contributed by atoms with van der Waals surface area (Å²) in [5.74, 6) is -1.01. The van der Waals surface area contributed by atoms with Crippen LogP contribution >= 0.6 is 0 Å². The number of aliphatic carboxylic acids is 1. The molecular weight excluding hydrogens is 324 g/mol. The smallest absolute Gasteiger partial charge is 0.308 e. The van der Waals surface area contributed by atoms with Crippen LogP contribution in [-0.2, 0) is 11.2 Å². The Balaban J connectivity index is 1.83. The molecule has 2 aromatic carbocycles. The lowest BCUT2D eigenvalue weighted by Gasteiger charge is -2.43. The third-order valence-electron chi connectivity index (χ3n) is 6.02. The van der Waals surface area contributed by atoms with Crippen LogP contribution in [0.1, 0.15) is 30.1 Å². The first-order valence-corrected chi connectivity index (χ1v) is 9.40. The molecule has 3 aromatic rings. The molecule has 2 atom stereocenters. The van der Waals surface area contributed by atoms with E-state index in [2.05, 4.69) is 45.9 Å². The molecule has 5 rings (SSSR count). The van der Waals surface area contributed by atoms with Gasteiger partial charge in [-0.05, 0) is 49.6 Å². The molecule has 132 valence electrons. The van der Waals surface area contributed by atoms with Crippen LogP contribution in [0.5, 0.6) is 0 Å². The molecule has 0 saturated carbocycles. The van der Waals surface area contributed by atoms with Crippen LogP contribution in [0.4, 0.5) is 0 Å².